The molecule has 2 aromatic carbocycles. The van der Waals surface area contributed by atoms with Gasteiger partial charge in [0.15, 0.2) is 0 Å². The number of carbonyl (C=O) groups excluding carboxylic acids is 5. The van der Waals surface area contributed by atoms with Crippen LogP contribution in [-0.2, 0) is 58.2 Å². The predicted octanol–water partition coefficient (Wildman–Crippen LogP) is 4.16. The monoisotopic (exact) mass is 516 g/mol. The Kier molecular flexibility index (Phi) is 16.4. The molecule has 0 saturated heterocycles. The molecule has 2 aromatic rings. The first-order valence-corrected chi connectivity index (χ1v) is 10.2. The Hall–Kier alpha value is -4.14. The molecule has 0 aliphatic carbocycles. The number of esters is 1. The van der Waals surface area contributed by atoms with E-state index in [1.165, 1.54) is 31.2 Å². The fraction of sp³-hybridized carbons (Fsp3) is 0.333. The molecule has 0 saturated carbocycles. The molecule has 196 valence electrons. The van der Waals surface area contributed by atoms with Crippen LogP contribution < -0.4 is 0 Å². The largest absolute Gasteiger partial charge is 0.477 e. The number of hydrogen-bond donors (Lipinski definition) is 1. The van der Waals surface area contributed by atoms with E-state index in [1.54, 1.807) is 12.1 Å². The second-order valence-electron chi connectivity index (χ2n) is 6.44. The van der Waals surface area contributed by atoms with Gasteiger partial charge in [-0.2, -0.15) is 36.7 Å². The maximum atomic E-state index is 13.5. The summed E-state index contributed by atoms with van der Waals surface area (Å²) in [6, 6.07) is 11.0. The summed E-state index contributed by atoms with van der Waals surface area (Å²) in [5.41, 5.74) is 1.03. The van der Waals surface area contributed by atoms with Gasteiger partial charge in [0.2, 0.25) is 0 Å². The van der Waals surface area contributed by atoms with E-state index in [4.69, 9.17) is 24.3 Å². The summed E-state index contributed by atoms with van der Waals surface area (Å²) < 4.78 is 57.2. The highest BCUT2D eigenvalue weighted by Gasteiger charge is 2.42. The van der Waals surface area contributed by atoms with Gasteiger partial charge in [-0.1, -0.05) is 62.4 Å². The number of carboxylic acids is 1. The Morgan fingerprint density at radius 1 is 0.722 bits per heavy atom. The topological polar surface area (TPSA) is 132 Å². The Balaban J connectivity index is 0. The minimum Gasteiger partial charge on any atom is -0.477 e. The van der Waals surface area contributed by atoms with Crippen LogP contribution in [0.3, 0.4) is 0 Å². The van der Waals surface area contributed by atoms with Crippen molar-refractivity contribution in [3.63, 3.8) is 0 Å². The first kappa shape index (κ1) is 34.0. The summed E-state index contributed by atoms with van der Waals surface area (Å²) in [7, 11) is 0. The molecule has 0 amide bonds. The number of ether oxygens (including phenoxy) is 1. The minimum absolute atomic E-state index is 0.0541. The Bertz CT molecular complexity index is 995. The standard InChI is InChI=1S/C12H14F2O2.C10H10F2O2.2CO2/c1-3-9-5-7-10(8-6-9)12(13,14)11(15)16-4-2;1-2-7-3-5-8(6-4-7)10(11,12)9(13)14;2*2-1-3/h5-8H,3-4H2,1-2H3;3-6H,2H2,1H3,(H,13,14);;. The minimum atomic E-state index is -3.80. The molecule has 0 atom stereocenters. The average molecular weight is 516 g/mol. The van der Waals surface area contributed by atoms with Crippen molar-refractivity contribution in [1.82, 2.24) is 0 Å². The molecule has 1 N–H and O–H groups in total. The first-order chi connectivity index (χ1) is 16.8. The molecule has 0 unspecified atom stereocenters. The van der Waals surface area contributed by atoms with Gasteiger partial charge < -0.3 is 9.84 Å². The molecule has 0 spiro atoms. The van der Waals surface area contributed by atoms with Crippen LogP contribution >= 0.6 is 0 Å². The van der Waals surface area contributed by atoms with Crippen molar-refractivity contribution >= 4 is 24.2 Å². The van der Waals surface area contributed by atoms with Crippen LogP contribution in [0.25, 0.3) is 0 Å². The summed E-state index contributed by atoms with van der Waals surface area (Å²) in [5, 5.41) is 8.27. The van der Waals surface area contributed by atoms with Crippen LogP contribution in [0.2, 0.25) is 0 Å². The Labute approximate surface area is 203 Å². The number of aliphatic carboxylic acids is 1. The van der Waals surface area contributed by atoms with E-state index in [0.717, 1.165) is 36.1 Å². The van der Waals surface area contributed by atoms with E-state index in [0.29, 0.717) is 0 Å². The fourth-order valence-corrected chi connectivity index (χ4v) is 2.36. The number of hydrogen-bond acceptors (Lipinski definition) is 7. The zero-order valence-corrected chi connectivity index (χ0v) is 19.6. The Morgan fingerprint density at radius 2 is 1.03 bits per heavy atom. The molecule has 8 nitrogen and oxygen atoms in total. The number of aryl methyl sites for hydroxylation is 2. The summed E-state index contributed by atoms with van der Waals surface area (Å²) in [6.07, 6.45) is 2.00. The highest BCUT2D eigenvalue weighted by molar-refractivity contribution is 5.79. The van der Waals surface area contributed by atoms with Gasteiger partial charge in [-0.15, -0.1) is 0 Å². The summed E-state index contributed by atoms with van der Waals surface area (Å²) in [6.45, 7) is 5.26. The summed E-state index contributed by atoms with van der Waals surface area (Å²) >= 11 is 0. The molecule has 12 heteroatoms. The van der Waals surface area contributed by atoms with Crippen molar-refractivity contribution in [1.29, 1.82) is 0 Å². The molecule has 36 heavy (non-hydrogen) atoms. The number of rotatable bonds is 7. The number of benzene rings is 2. The smallest absolute Gasteiger partial charge is 0.381 e. The maximum Gasteiger partial charge on any atom is 0.381 e. The highest BCUT2D eigenvalue weighted by atomic mass is 19.3. The van der Waals surface area contributed by atoms with Crippen LogP contribution in [-0.4, -0.2) is 36.0 Å². The fourth-order valence-electron chi connectivity index (χ4n) is 2.36. The molecule has 0 heterocycles. The van der Waals surface area contributed by atoms with E-state index in [-0.39, 0.29) is 24.5 Å². The molecule has 0 aromatic heterocycles. The lowest BCUT2D eigenvalue weighted by atomic mass is 10.1. The van der Waals surface area contributed by atoms with Crippen molar-refractivity contribution in [2.75, 3.05) is 6.61 Å². The predicted molar refractivity (Wildman–Crippen MR) is 114 cm³/mol. The van der Waals surface area contributed by atoms with E-state index in [2.05, 4.69) is 4.74 Å². The summed E-state index contributed by atoms with van der Waals surface area (Å²) in [5.74, 6) is -11.0. The van der Waals surface area contributed by atoms with Gasteiger partial charge in [-0.05, 0) is 30.9 Å². The molecular weight excluding hydrogens is 492 g/mol. The SMILES string of the molecule is CCOC(=O)C(F)(F)c1ccc(CC)cc1.CCc1ccc(C(F)(F)C(=O)O)cc1.O=C=O.O=C=O. The van der Waals surface area contributed by atoms with E-state index >= 15 is 0 Å². The van der Waals surface area contributed by atoms with Crippen LogP contribution in [0.4, 0.5) is 17.6 Å². The van der Waals surface area contributed by atoms with Gasteiger partial charge >= 0.3 is 36.1 Å². The third-order valence-electron chi connectivity index (χ3n) is 4.25. The number of alkyl halides is 4. The maximum absolute atomic E-state index is 13.5. The lowest BCUT2D eigenvalue weighted by Crippen LogP contribution is -2.28. The lowest BCUT2D eigenvalue weighted by Gasteiger charge is -2.15. The molecule has 0 aliphatic heterocycles. The molecular formula is C24H24F4O8. The number of carbonyl (C=O) groups is 2. The molecule has 0 aliphatic rings. The van der Waals surface area contributed by atoms with E-state index in [9.17, 15) is 27.2 Å². The van der Waals surface area contributed by atoms with Crippen molar-refractivity contribution in [2.45, 2.75) is 45.5 Å². The van der Waals surface area contributed by atoms with Crippen LogP contribution in [0.1, 0.15) is 43.0 Å². The second kappa shape index (κ2) is 17.3. The van der Waals surface area contributed by atoms with Crippen LogP contribution in [0.5, 0.6) is 0 Å². The van der Waals surface area contributed by atoms with Gasteiger partial charge in [-0.25, -0.2) is 9.59 Å². The molecule has 2 rings (SSSR count). The van der Waals surface area contributed by atoms with Gasteiger partial charge in [0, 0.05) is 11.1 Å². The molecule has 0 bridgehead atoms. The third kappa shape index (κ3) is 11.3. The number of halogens is 4. The van der Waals surface area contributed by atoms with Crippen LogP contribution in [0.15, 0.2) is 48.5 Å². The zero-order valence-electron chi connectivity index (χ0n) is 19.6. The Morgan fingerprint density at radius 3 is 1.28 bits per heavy atom. The zero-order chi connectivity index (χ0) is 28.4. The summed E-state index contributed by atoms with van der Waals surface area (Å²) in [4.78, 5) is 53.8. The van der Waals surface area contributed by atoms with Crippen LogP contribution in [0, 0.1) is 0 Å². The number of carboxylic acid groups (broad SMARTS) is 1. The lowest BCUT2D eigenvalue weighted by molar-refractivity contribution is -0.193. The quantitative estimate of drug-likeness (QED) is 0.429. The highest BCUT2D eigenvalue weighted by Crippen LogP contribution is 2.30. The second-order valence-corrected chi connectivity index (χ2v) is 6.44. The van der Waals surface area contributed by atoms with Crippen molar-refractivity contribution in [3.8, 4) is 0 Å². The van der Waals surface area contributed by atoms with E-state index in [1.807, 2.05) is 13.8 Å². The van der Waals surface area contributed by atoms with Crippen molar-refractivity contribution < 1.29 is 56.2 Å². The first-order valence-electron chi connectivity index (χ1n) is 10.2. The van der Waals surface area contributed by atoms with Gasteiger partial charge in [-0.3, -0.25) is 0 Å². The molecule has 0 radical (unpaired) electrons. The third-order valence-corrected chi connectivity index (χ3v) is 4.25. The van der Waals surface area contributed by atoms with Crippen molar-refractivity contribution in [2.24, 2.45) is 0 Å². The van der Waals surface area contributed by atoms with Gasteiger partial charge in [0.25, 0.3) is 0 Å². The van der Waals surface area contributed by atoms with E-state index < -0.39 is 29.3 Å². The average Bonchev–Trinajstić information content (AvgIpc) is 2.85. The van der Waals surface area contributed by atoms with Gasteiger partial charge in [0.1, 0.15) is 0 Å². The normalized spacial score (nSPS) is 9.86. The molecule has 0 fully saturated rings. The van der Waals surface area contributed by atoms with Crippen molar-refractivity contribution in [3.05, 3.63) is 70.8 Å². The van der Waals surface area contributed by atoms with Gasteiger partial charge in [0.05, 0.1) is 6.61 Å².